The third-order valence-electron chi connectivity index (χ3n) is 4.74. The van der Waals surface area contributed by atoms with Crippen molar-refractivity contribution in [2.75, 3.05) is 16.6 Å². The molecule has 0 unspecified atom stereocenters. The van der Waals surface area contributed by atoms with E-state index in [0.717, 1.165) is 27.8 Å². The number of nitrogens with one attached hydrogen (secondary N) is 2. The molecule has 3 N–H and O–H groups in total. The number of rotatable bonds is 5. The van der Waals surface area contributed by atoms with Crippen molar-refractivity contribution in [3.63, 3.8) is 0 Å². The van der Waals surface area contributed by atoms with E-state index in [2.05, 4.69) is 10.0 Å². The SMILES string of the molecule is Cc1c(C)c(C)c(S(=O)(=O)Nc2cccc(NC(=O)CO)c2)c(C)c1C. The van der Waals surface area contributed by atoms with Crippen molar-refractivity contribution in [1.82, 2.24) is 0 Å². The summed E-state index contributed by atoms with van der Waals surface area (Å²) in [4.78, 5) is 11.6. The van der Waals surface area contributed by atoms with Crippen LogP contribution >= 0.6 is 0 Å². The fourth-order valence-corrected chi connectivity index (χ4v) is 4.59. The predicted molar refractivity (Wildman–Crippen MR) is 103 cm³/mol. The minimum Gasteiger partial charge on any atom is -0.387 e. The van der Waals surface area contributed by atoms with Gasteiger partial charge in [0.25, 0.3) is 10.0 Å². The normalized spacial score (nSPS) is 11.3. The molecule has 0 aliphatic rings. The minimum absolute atomic E-state index is 0.280. The second-order valence-electron chi connectivity index (χ2n) is 6.35. The molecule has 0 aliphatic heterocycles. The number of anilines is 2. The standard InChI is InChI=1S/C19H24N2O4S/c1-11-12(2)14(4)19(15(5)13(11)3)26(24,25)21-17-8-6-7-16(9-17)20-18(23)10-22/h6-9,21-22H,10H2,1-5H3,(H,20,23). The lowest BCUT2D eigenvalue weighted by molar-refractivity contribution is -0.118. The predicted octanol–water partition coefficient (Wildman–Crippen LogP) is 2.96. The van der Waals surface area contributed by atoms with Crippen LogP contribution in [0.1, 0.15) is 27.8 Å². The fraction of sp³-hybridized carbons (Fsp3) is 0.316. The van der Waals surface area contributed by atoms with Gasteiger partial charge in [-0.15, -0.1) is 0 Å². The van der Waals surface area contributed by atoms with Crippen LogP contribution in [0.2, 0.25) is 0 Å². The smallest absolute Gasteiger partial charge is 0.262 e. The molecule has 0 radical (unpaired) electrons. The first-order valence-electron chi connectivity index (χ1n) is 8.19. The van der Waals surface area contributed by atoms with E-state index in [1.165, 1.54) is 6.07 Å². The van der Waals surface area contributed by atoms with Crippen LogP contribution in [0.3, 0.4) is 0 Å². The molecule has 0 aromatic heterocycles. The highest BCUT2D eigenvalue weighted by molar-refractivity contribution is 7.92. The Morgan fingerprint density at radius 2 is 1.42 bits per heavy atom. The van der Waals surface area contributed by atoms with Gasteiger partial charge >= 0.3 is 0 Å². The molecule has 0 spiro atoms. The van der Waals surface area contributed by atoms with Crippen LogP contribution in [0.4, 0.5) is 11.4 Å². The average Bonchev–Trinajstić information content (AvgIpc) is 2.58. The van der Waals surface area contributed by atoms with Crippen LogP contribution in [0.25, 0.3) is 0 Å². The van der Waals surface area contributed by atoms with Crippen LogP contribution < -0.4 is 10.0 Å². The molecule has 1 amide bonds. The number of amides is 1. The summed E-state index contributed by atoms with van der Waals surface area (Å²) in [5.41, 5.74) is 5.18. The molecule has 0 aliphatic carbocycles. The van der Waals surface area contributed by atoms with Gasteiger partial charge in [-0.25, -0.2) is 8.42 Å². The number of hydrogen-bond donors (Lipinski definition) is 3. The number of sulfonamides is 1. The van der Waals surface area contributed by atoms with Crippen LogP contribution in [0.5, 0.6) is 0 Å². The van der Waals surface area contributed by atoms with E-state index >= 15 is 0 Å². The lowest BCUT2D eigenvalue weighted by atomic mass is 9.95. The molecule has 0 heterocycles. The van der Waals surface area contributed by atoms with Crippen molar-refractivity contribution in [3.8, 4) is 0 Å². The first-order valence-corrected chi connectivity index (χ1v) is 9.67. The summed E-state index contributed by atoms with van der Waals surface area (Å²) in [5, 5.41) is 11.3. The van der Waals surface area contributed by atoms with Gasteiger partial charge < -0.3 is 10.4 Å². The highest BCUT2D eigenvalue weighted by Gasteiger charge is 2.23. The highest BCUT2D eigenvalue weighted by Crippen LogP contribution is 2.31. The maximum Gasteiger partial charge on any atom is 0.262 e. The molecule has 2 rings (SSSR count). The van der Waals surface area contributed by atoms with E-state index in [0.29, 0.717) is 11.4 Å². The molecule has 0 fully saturated rings. The molecule has 140 valence electrons. The van der Waals surface area contributed by atoms with Crippen LogP contribution in [0, 0.1) is 34.6 Å². The van der Waals surface area contributed by atoms with Gasteiger partial charge in [-0.2, -0.15) is 0 Å². The van der Waals surface area contributed by atoms with E-state index in [1.54, 1.807) is 32.0 Å². The lowest BCUT2D eigenvalue weighted by Crippen LogP contribution is -2.18. The van der Waals surface area contributed by atoms with E-state index in [9.17, 15) is 13.2 Å². The van der Waals surface area contributed by atoms with Gasteiger partial charge in [-0.05, 0) is 80.6 Å². The van der Waals surface area contributed by atoms with Gasteiger partial charge in [0, 0.05) is 5.69 Å². The van der Waals surface area contributed by atoms with Crippen molar-refractivity contribution in [1.29, 1.82) is 0 Å². The minimum atomic E-state index is -3.80. The largest absolute Gasteiger partial charge is 0.387 e. The highest BCUT2D eigenvalue weighted by atomic mass is 32.2. The Labute approximate surface area is 154 Å². The molecule has 0 bridgehead atoms. The molecule has 0 saturated heterocycles. The van der Waals surface area contributed by atoms with Gasteiger partial charge in [0.05, 0.1) is 10.6 Å². The first kappa shape index (κ1) is 19.9. The number of benzene rings is 2. The Morgan fingerprint density at radius 1 is 0.923 bits per heavy atom. The lowest BCUT2D eigenvalue weighted by Gasteiger charge is -2.19. The number of hydrogen-bond acceptors (Lipinski definition) is 4. The van der Waals surface area contributed by atoms with Crippen LogP contribution in [-0.4, -0.2) is 26.0 Å². The van der Waals surface area contributed by atoms with Crippen molar-refractivity contribution < 1.29 is 18.3 Å². The zero-order valence-electron chi connectivity index (χ0n) is 15.6. The molecule has 2 aromatic rings. The fourth-order valence-electron chi connectivity index (χ4n) is 2.94. The van der Waals surface area contributed by atoms with E-state index in [1.807, 2.05) is 20.8 Å². The third-order valence-corrected chi connectivity index (χ3v) is 6.40. The zero-order valence-corrected chi connectivity index (χ0v) is 16.4. The molecule has 0 atom stereocenters. The van der Waals surface area contributed by atoms with Crippen LogP contribution in [0.15, 0.2) is 29.2 Å². The van der Waals surface area contributed by atoms with E-state index < -0.39 is 22.5 Å². The number of aliphatic hydroxyl groups is 1. The van der Waals surface area contributed by atoms with Gasteiger partial charge in [0.2, 0.25) is 5.91 Å². The van der Waals surface area contributed by atoms with Gasteiger partial charge in [-0.1, -0.05) is 6.07 Å². The van der Waals surface area contributed by atoms with Crippen molar-refractivity contribution in [2.24, 2.45) is 0 Å². The second kappa shape index (κ2) is 7.47. The summed E-state index contributed by atoms with van der Waals surface area (Å²) < 4.78 is 28.6. The maximum atomic E-state index is 13.0. The van der Waals surface area contributed by atoms with Crippen molar-refractivity contribution in [2.45, 2.75) is 39.5 Å². The molecule has 0 saturated carbocycles. The number of aliphatic hydroxyl groups excluding tert-OH is 1. The first-order chi connectivity index (χ1) is 12.1. The molecular weight excluding hydrogens is 352 g/mol. The summed E-state index contributed by atoms with van der Waals surface area (Å²) in [5.74, 6) is -0.568. The average molecular weight is 376 g/mol. The van der Waals surface area contributed by atoms with Crippen LogP contribution in [-0.2, 0) is 14.8 Å². The summed E-state index contributed by atoms with van der Waals surface area (Å²) in [7, 11) is -3.80. The summed E-state index contributed by atoms with van der Waals surface area (Å²) in [6.07, 6.45) is 0. The molecule has 6 nitrogen and oxygen atoms in total. The molecule has 26 heavy (non-hydrogen) atoms. The summed E-state index contributed by atoms with van der Waals surface area (Å²) in [6, 6.07) is 6.34. The van der Waals surface area contributed by atoms with Gasteiger partial charge in [0.15, 0.2) is 0 Å². The Hall–Kier alpha value is -2.38. The molecule has 7 heteroatoms. The number of carbonyl (C=O) groups excluding carboxylic acids is 1. The molecule has 2 aromatic carbocycles. The summed E-state index contributed by atoms with van der Waals surface area (Å²) >= 11 is 0. The quantitative estimate of drug-likeness (QED) is 0.748. The van der Waals surface area contributed by atoms with Gasteiger partial charge in [-0.3, -0.25) is 9.52 Å². The topological polar surface area (TPSA) is 95.5 Å². The van der Waals surface area contributed by atoms with E-state index in [-0.39, 0.29) is 4.90 Å². The zero-order chi connectivity index (χ0) is 19.6. The monoisotopic (exact) mass is 376 g/mol. The molecular formula is C19H24N2O4S. The maximum absolute atomic E-state index is 13.0. The Balaban J connectivity index is 2.45. The van der Waals surface area contributed by atoms with E-state index in [4.69, 9.17) is 5.11 Å². The summed E-state index contributed by atoms with van der Waals surface area (Å²) in [6.45, 7) is 8.79. The third kappa shape index (κ3) is 3.89. The van der Waals surface area contributed by atoms with Crippen molar-refractivity contribution in [3.05, 3.63) is 52.1 Å². The Kier molecular flexibility index (Phi) is 5.73. The Morgan fingerprint density at radius 3 is 1.96 bits per heavy atom. The van der Waals surface area contributed by atoms with Gasteiger partial charge in [0.1, 0.15) is 6.61 Å². The number of carbonyl (C=O) groups is 1. The Bertz CT molecular complexity index is 937. The van der Waals surface area contributed by atoms with Crippen molar-refractivity contribution >= 4 is 27.3 Å². The second-order valence-corrected chi connectivity index (χ2v) is 7.97.